The number of benzene rings is 1. The molecule has 67 valence electrons. The molecule has 0 aliphatic rings. The molecule has 1 N–H and O–H groups in total. The molecular formula is C9H8NO2S. The third-order valence-corrected chi connectivity index (χ3v) is 1.62. The van der Waals surface area contributed by atoms with Crippen LogP contribution in [-0.2, 0) is 0 Å². The zero-order valence-electron chi connectivity index (χ0n) is 7.03. The minimum atomic E-state index is -0.266. The molecule has 3 nitrogen and oxygen atoms in total. The number of thiocarbonyl (C=S) groups is 1. The Bertz CT molecular complexity index is 308. The van der Waals surface area contributed by atoms with E-state index in [1.54, 1.807) is 31.4 Å². The van der Waals surface area contributed by atoms with Crippen LogP contribution in [0, 0.1) is 0 Å². The lowest BCUT2D eigenvalue weighted by Gasteiger charge is -2.01. The molecule has 0 aromatic heterocycles. The zero-order valence-corrected chi connectivity index (χ0v) is 7.85. The summed E-state index contributed by atoms with van der Waals surface area (Å²) in [5, 5.41) is 2.28. The second-order valence-electron chi connectivity index (χ2n) is 2.28. The van der Waals surface area contributed by atoms with Gasteiger partial charge in [0.25, 0.3) is 5.91 Å². The Hall–Kier alpha value is -1.42. The highest BCUT2D eigenvalue weighted by atomic mass is 32.1. The van der Waals surface area contributed by atoms with Gasteiger partial charge in [-0.1, -0.05) is 12.2 Å². The van der Waals surface area contributed by atoms with Crippen LogP contribution < -0.4 is 10.1 Å². The standard InChI is InChI=1S/C9H8NO2S/c1-12-8-4-2-7(3-5-8)9(11)10-6-13/h2-5H,1H3,(H,10,11,13). The molecule has 1 aromatic rings. The van der Waals surface area contributed by atoms with E-state index in [-0.39, 0.29) is 5.91 Å². The molecule has 1 aromatic carbocycles. The lowest BCUT2D eigenvalue weighted by atomic mass is 10.2. The van der Waals surface area contributed by atoms with Crippen molar-refractivity contribution in [2.45, 2.75) is 0 Å². The molecule has 0 fully saturated rings. The highest BCUT2D eigenvalue weighted by Crippen LogP contribution is 2.10. The van der Waals surface area contributed by atoms with Crippen molar-refractivity contribution < 1.29 is 9.53 Å². The second kappa shape index (κ2) is 4.57. The number of hydrogen-bond acceptors (Lipinski definition) is 3. The van der Waals surface area contributed by atoms with E-state index in [0.717, 1.165) is 0 Å². The van der Waals surface area contributed by atoms with E-state index in [0.29, 0.717) is 11.3 Å². The lowest BCUT2D eigenvalue weighted by molar-refractivity contribution is 0.0979. The molecule has 0 bridgehead atoms. The summed E-state index contributed by atoms with van der Waals surface area (Å²) in [6.07, 6.45) is 0. The van der Waals surface area contributed by atoms with Crippen LogP contribution in [0.25, 0.3) is 0 Å². The molecule has 4 heteroatoms. The van der Waals surface area contributed by atoms with Gasteiger partial charge in [0.15, 0.2) is 0 Å². The quantitative estimate of drug-likeness (QED) is 0.581. The highest BCUT2D eigenvalue weighted by Gasteiger charge is 2.02. The fourth-order valence-corrected chi connectivity index (χ4v) is 0.954. The van der Waals surface area contributed by atoms with Crippen molar-refractivity contribution in [2.24, 2.45) is 0 Å². The van der Waals surface area contributed by atoms with Crippen LogP contribution >= 0.6 is 12.2 Å². The number of methoxy groups -OCH3 is 1. The van der Waals surface area contributed by atoms with Gasteiger partial charge in [-0.15, -0.1) is 0 Å². The summed E-state index contributed by atoms with van der Waals surface area (Å²) in [5.74, 6) is 0.445. The topological polar surface area (TPSA) is 38.3 Å². The van der Waals surface area contributed by atoms with Crippen LogP contribution in [0.15, 0.2) is 24.3 Å². The zero-order chi connectivity index (χ0) is 9.68. The van der Waals surface area contributed by atoms with Crippen molar-refractivity contribution in [1.82, 2.24) is 5.32 Å². The molecule has 0 atom stereocenters. The summed E-state index contributed by atoms with van der Waals surface area (Å²) >= 11 is 4.37. The van der Waals surface area contributed by atoms with Gasteiger partial charge in [-0.2, -0.15) is 0 Å². The van der Waals surface area contributed by atoms with Gasteiger partial charge in [0.05, 0.1) is 7.11 Å². The van der Waals surface area contributed by atoms with Gasteiger partial charge < -0.3 is 10.1 Å². The predicted octanol–water partition coefficient (Wildman–Crippen LogP) is 1.26. The number of nitrogens with one attached hydrogen (secondary N) is 1. The highest BCUT2D eigenvalue weighted by molar-refractivity contribution is 7.78. The maximum absolute atomic E-state index is 11.2. The number of amides is 1. The van der Waals surface area contributed by atoms with Crippen molar-refractivity contribution in [2.75, 3.05) is 7.11 Å². The van der Waals surface area contributed by atoms with Crippen LogP contribution in [-0.4, -0.2) is 18.5 Å². The third kappa shape index (κ3) is 2.52. The molecular weight excluding hydrogens is 186 g/mol. The first kappa shape index (κ1) is 9.67. The molecule has 0 aliphatic heterocycles. The fraction of sp³-hybridized carbons (Fsp3) is 0.111. The summed E-state index contributed by atoms with van der Waals surface area (Å²) in [4.78, 5) is 11.2. The summed E-state index contributed by atoms with van der Waals surface area (Å²) < 4.78 is 4.94. The van der Waals surface area contributed by atoms with Crippen LogP contribution in [0.5, 0.6) is 5.75 Å². The number of hydrogen-bond donors (Lipinski definition) is 1. The Morgan fingerprint density at radius 1 is 1.46 bits per heavy atom. The van der Waals surface area contributed by atoms with Crippen LogP contribution in [0.3, 0.4) is 0 Å². The summed E-state index contributed by atoms with van der Waals surface area (Å²) in [5.41, 5.74) is 2.67. The predicted molar refractivity (Wildman–Crippen MR) is 53.1 cm³/mol. The lowest BCUT2D eigenvalue weighted by Crippen LogP contribution is -2.20. The summed E-state index contributed by atoms with van der Waals surface area (Å²) in [6, 6.07) is 6.72. The number of carbonyl (C=O) groups is 1. The first-order valence-electron chi connectivity index (χ1n) is 3.59. The van der Waals surface area contributed by atoms with Gasteiger partial charge >= 0.3 is 0 Å². The first-order valence-corrected chi connectivity index (χ1v) is 4.00. The fourth-order valence-electron chi connectivity index (χ4n) is 0.861. The minimum Gasteiger partial charge on any atom is -0.497 e. The summed E-state index contributed by atoms with van der Waals surface area (Å²) in [6.45, 7) is 0. The Morgan fingerprint density at radius 3 is 2.54 bits per heavy atom. The Labute approximate surface area is 81.7 Å². The van der Waals surface area contributed by atoms with Gasteiger partial charge in [-0.05, 0) is 24.3 Å². The van der Waals surface area contributed by atoms with Crippen LogP contribution in [0.4, 0.5) is 0 Å². The number of ether oxygens (including phenoxy) is 1. The van der Waals surface area contributed by atoms with E-state index in [9.17, 15) is 4.79 Å². The molecule has 0 unspecified atom stereocenters. The molecule has 0 heterocycles. The molecule has 0 spiro atoms. The Balaban J connectivity index is 2.79. The van der Waals surface area contributed by atoms with Crippen molar-refractivity contribution in [1.29, 1.82) is 0 Å². The van der Waals surface area contributed by atoms with Gasteiger partial charge in [0.1, 0.15) is 11.2 Å². The van der Waals surface area contributed by atoms with E-state index in [2.05, 4.69) is 23.0 Å². The molecule has 1 amide bonds. The van der Waals surface area contributed by atoms with Crippen molar-refractivity contribution in [3.05, 3.63) is 29.8 Å². The summed E-state index contributed by atoms with van der Waals surface area (Å²) in [7, 11) is 1.57. The van der Waals surface area contributed by atoms with Crippen molar-refractivity contribution in [3.63, 3.8) is 0 Å². The maximum atomic E-state index is 11.2. The third-order valence-electron chi connectivity index (χ3n) is 1.52. The van der Waals surface area contributed by atoms with Gasteiger partial charge in [0, 0.05) is 5.56 Å². The molecule has 13 heavy (non-hydrogen) atoms. The average Bonchev–Trinajstić information content (AvgIpc) is 2.18. The maximum Gasteiger partial charge on any atom is 0.256 e. The molecule has 0 saturated heterocycles. The average molecular weight is 194 g/mol. The molecule has 1 rings (SSSR count). The largest absolute Gasteiger partial charge is 0.497 e. The van der Waals surface area contributed by atoms with Gasteiger partial charge in [0.2, 0.25) is 0 Å². The molecule has 1 radical (unpaired) electrons. The van der Waals surface area contributed by atoms with Crippen LogP contribution in [0.2, 0.25) is 0 Å². The van der Waals surface area contributed by atoms with Gasteiger partial charge in [-0.25, -0.2) is 0 Å². The Kier molecular flexibility index (Phi) is 3.40. The van der Waals surface area contributed by atoms with E-state index < -0.39 is 0 Å². The molecule has 0 saturated carbocycles. The van der Waals surface area contributed by atoms with E-state index in [1.165, 1.54) is 0 Å². The Morgan fingerprint density at radius 2 is 2.08 bits per heavy atom. The van der Waals surface area contributed by atoms with E-state index in [4.69, 9.17) is 4.74 Å². The van der Waals surface area contributed by atoms with E-state index in [1.807, 2.05) is 0 Å². The van der Waals surface area contributed by atoms with Crippen LogP contribution in [0.1, 0.15) is 10.4 Å². The smallest absolute Gasteiger partial charge is 0.256 e. The van der Waals surface area contributed by atoms with Crippen molar-refractivity contribution >= 4 is 23.6 Å². The minimum absolute atomic E-state index is 0.266. The molecule has 0 aliphatic carbocycles. The number of carbonyl (C=O) groups excluding carboxylic acids is 1. The van der Waals surface area contributed by atoms with E-state index >= 15 is 0 Å². The van der Waals surface area contributed by atoms with Crippen molar-refractivity contribution in [3.8, 4) is 5.75 Å². The monoisotopic (exact) mass is 194 g/mol. The number of rotatable bonds is 3. The second-order valence-corrected chi connectivity index (χ2v) is 2.49. The normalized spacial score (nSPS) is 9.00. The first-order chi connectivity index (χ1) is 6.27. The SMILES string of the molecule is COc1ccc(C(=O)N[C]=S)cc1. The van der Waals surface area contributed by atoms with Gasteiger partial charge in [-0.3, -0.25) is 4.79 Å².